The quantitative estimate of drug-likeness (QED) is 0.216. The van der Waals surface area contributed by atoms with Gasteiger partial charge in [-0.05, 0) is 63.6 Å². The minimum Gasteiger partial charge on any atom is -0.507 e. The summed E-state index contributed by atoms with van der Waals surface area (Å²) in [6.07, 6.45) is 3.06. The normalized spacial score (nSPS) is 17.0. The van der Waals surface area contributed by atoms with Gasteiger partial charge in [0.05, 0.1) is 30.0 Å². The van der Waals surface area contributed by atoms with E-state index in [2.05, 4.69) is 9.97 Å². The highest BCUT2D eigenvalue weighted by atomic mass is 32.1. The summed E-state index contributed by atoms with van der Waals surface area (Å²) >= 11 is 0.952. The lowest BCUT2D eigenvalue weighted by Crippen LogP contribution is -2.29. The fourth-order valence-electron chi connectivity index (χ4n) is 3.87. The second-order valence-electron chi connectivity index (χ2n) is 8.28. The molecule has 1 amide bonds. The summed E-state index contributed by atoms with van der Waals surface area (Å²) in [5, 5.41) is 11.4. The van der Waals surface area contributed by atoms with Gasteiger partial charge in [0.1, 0.15) is 16.4 Å². The molecular formula is C26H25N3O6S. The third kappa shape index (κ3) is 4.72. The van der Waals surface area contributed by atoms with Crippen molar-refractivity contribution in [3.63, 3.8) is 0 Å². The monoisotopic (exact) mass is 507 g/mol. The molecule has 4 rings (SSSR count). The molecule has 0 radical (unpaired) electrons. The molecule has 0 saturated carbocycles. The third-order valence-corrected chi connectivity index (χ3v) is 6.53. The van der Waals surface area contributed by atoms with Crippen molar-refractivity contribution in [2.24, 2.45) is 0 Å². The molecule has 186 valence electrons. The number of esters is 1. The predicted molar refractivity (Wildman–Crippen MR) is 134 cm³/mol. The molecule has 1 aromatic carbocycles. The molecule has 1 aliphatic heterocycles. The average molecular weight is 508 g/mol. The summed E-state index contributed by atoms with van der Waals surface area (Å²) in [6.45, 7) is 7.31. The maximum atomic E-state index is 13.3. The molecule has 3 aromatic rings. The number of ether oxygens (including phenoxy) is 2. The van der Waals surface area contributed by atoms with Crippen molar-refractivity contribution in [3.8, 4) is 5.75 Å². The second kappa shape index (κ2) is 10.3. The first-order valence-corrected chi connectivity index (χ1v) is 12.2. The van der Waals surface area contributed by atoms with Crippen LogP contribution in [-0.4, -0.2) is 45.4 Å². The van der Waals surface area contributed by atoms with Gasteiger partial charge < -0.3 is 14.6 Å². The van der Waals surface area contributed by atoms with Gasteiger partial charge in [-0.1, -0.05) is 17.4 Å². The zero-order valence-corrected chi connectivity index (χ0v) is 21.0. The maximum absolute atomic E-state index is 13.3. The van der Waals surface area contributed by atoms with Gasteiger partial charge in [0, 0.05) is 18.0 Å². The zero-order valence-electron chi connectivity index (χ0n) is 20.2. The number of anilines is 1. The van der Waals surface area contributed by atoms with Crippen LogP contribution in [0.1, 0.15) is 53.3 Å². The van der Waals surface area contributed by atoms with Crippen LogP contribution in [0.4, 0.5) is 5.13 Å². The van der Waals surface area contributed by atoms with Crippen LogP contribution in [0.5, 0.6) is 5.75 Å². The largest absolute Gasteiger partial charge is 0.507 e. The number of aryl methyl sites for hydroxylation is 1. The van der Waals surface area contributed by atoms with E-state index in [0.717, 1.165) is 11.3 Å². The lowest BCUT2D eigenvalue weighted by molar-refractivity contribution is -0.132. The number of benzene rings is 1. The SMILES string of the molecule is CCOC(=O)c1sc(N2C(=O)C(=O)C(=C(O)c3ccc(OC(C)C)cc3)C2c2cccnc2)nc1C. The Morgan fingerprint density at radius 3 is 2.53 bits per heavy atom. The molecule has 3 heterocycles. The first kappa shape index (κ1) is 25.1. The van der Waals surface area contributed by atoms with Crippen molar-refractivity contribution in [1.29, 1.82) is 0 Å². The Bertz CT molecular complexity index is 1330. The molecule has 1 N–H and O–H groups in total. The van der Waals surface area contributed by atoms with Crippen LogP contribution in [-0.2, 0) is 14.3 Å². The second-order valence-corrected chi connectivity index (χ2v) is 9.26. The Hall–Kier alpha value is -4.05. The fourth-order valence-corrected chi connectivity index (χ4v) is 4.86. The Labute approximate surface area is 212 Å². The van der Waals surface area contributed by atoms with E-state index < -0.39 is 23.7 Å². The third-order valence-electron chi connectivity index (χ3n) is 5.40. The number of hydrogen-bond acceptors (Lipinski definition) is 9. The molecule has 0 bridgehead atoms. The Morgan fingerprint density at radius 1 is 1.19 bits per heavy atom. The number of aliphatic hydroxyl groups excluding tert-OH is 1. The van der Waals surface area contributed by atoms with E-state index in [4.69, 9.17) is 9.47 Å². The Kier molecular flexibility index (Phi) is 7.16. The summed E-state index contributed by atoms with van der Waals surface area (Å²) in [6, 6.07) is 8.98. The zero-order chi connectivity index (χ0) is 26.0. The summed E-state index contributed by atoms with van der Waals surface area (Å²) in [4.78, 5) is 48.8. The van der Waals surface area contributed by atoms with Crippen LogP contribution in [0.15, 0.2) is 54.4 Å². The molecule has 1 aliphatic rings. The molecule has 9 nitrogen and oxygen atoms in total. The highest BCUT2D eigenvalue weighted by Crippen LogP contribution is 2.43. The number of aromatic nitrogens is 2. The number of rotatable bonds is 7. The summed E-state index contributed by atoms with van der Waals surface area (Å²) in [5.74, 6) is -2.02. The highest BCUT2D eigenvalue weighted by molar-refractivity contribution is 7.17. The van der Waals surface area contributed by atoms with Crippen molar-refractivity contribution in [1.82, 2.24) is 9.97 Å². The van der Waals surface area contributed by atoms with Crippen LogP contribution in [0.25, 0.3) is 5.76 Å². The van der Waals surface area contributed by atoms with E-state index in [1.165, 1.54) is 11.1 Å². The molecular weight excluding hydrogens is 482 g/mol. The van der Waals surface area contributed by atoms with Gasteiger partial charge >= 0.3 is 11.9 Å². The highest BCUT2D eigenvalue weighted by Gasteiger charge is 2.48. The summed E-state index contributed by atoms with van der Waals surface area (Å²) in [5.41, 5.74) is 1.13. The van der Waals surface area contributed by atoms with Crippen molar-refractivity contribution >= 4 is 39.9 Å². The number of ketones is 1. The first-order chi connectivity index (χ1) is 17.2. The number of thiazole rings is 1. The standard InChI is InChI=1S/C26H25N3O6S/c1-5-34-25(33)23-15(4)28-26(36-23)29-20(17-7-6-12-27-13-17)19(22(31)24(29)32)21(30)16-8-10-18(11-9-16)35-14(2)3/h6-14,20,30H,5H2,1-4H3. The molecule has 10 heteroatoms. The summed E-state index contributed by atoms with van der Waals surface area (Å²) < 4.78 is 10.7. The van der Waals surface area contributed by atoms with Crippen molar-refractivity contribution in [2.45, 2.75) is 39.8 Å². The molecule has 1 unspecified atom stereocenters. The minimum atomic E-state index is -0.995. The maximum Gasteiger partial charge on any atom is 0.350 e. The number of hydrogen-bond donors (Lipinski definition) is 1. The number of amides is 1. The van der Waals surface area contributed by atoms with Crippen LogP contribution in [0.2, 0.25) is 0 Å². The number of aliphatic hydroxyl groups is 1. The van der Waals surface area contributed by atoms with E-state index in [9.17, 15) is 19.5 Å². The fraction of sp³-hybridized carbons (Fsp3) is 0.269. The molecule has 1 fully saturated rings. The number of Topliss-reactive ketones (excluding diaryl/α,β-unsaturated/α-hetero) is 1. The number of carbonyl (C=O) groups is 3. The smallest absolute Gasteiger partial charge is 0.350 e. The average Bonchev–Trinajstić information content (AvgIpc) is 3.36. The van der Waals surface area contributed by atoms with Crippen molar-refractivity contribution in [2.75, 3.05) is 11.5 Å². The van der Waals surface area contributed by atoms with Crippen LogP contribution in [0.3, 0.4) is 0 Å². The lowest BCUT2D eigenvalue weighted by atomic mass is 9.96. The van der Waals surface area contributed by atoms with Gasteiger partial charge in [-0.15, -0.1) is 0 Å². The van der Waals surface area contributed by atoms with Gasteiger partial charge in [0.25, 0.3) is 5.78 Å². The molecule has 1 saturated heterocycles. The van der Waals surface area contributed by atoms with E-state index in [0.29, 0.717) is 22.6 Å². The Balaban J connectivity index is 1.83. The topological polar surface area (TPSA) is 119 Å². The van der Waals surface area contributed by atoms with Gasteiger partial charge in [0.2, 0.25) is 0 Å². The molecule has 2 aromatic heterocycles. The molecule has 36 heavy (non-hydrogen) atoms. The van der Waals surface area contributed by atoms with Crippen molar-refractivity contribution in [3.05, 3.63) is 76.1 Å². The van der Waals surface area contributed by atoms with E-state index in [1.807, 2.05) is 13.8 Å². The van der Waals surface area contributed by atoms with Crippen LogP contribution >= 0.6 is 11.3 Å². The number of nitrogens with zero attached hydrogens (tertiary/aromatic N) is 3. The molecule has 1 atom stereocenters. The molecule has 0 spiro atoms. The van der Waals surface area contributed by atoms with E-state index in [-0.39, 0.29) is 34.1 Å². The van der Waals surface area contributed by atoms with Crippen molar-refractivity contribution < 1.29 is 29.0 Å². The van der Waals surface area contributed by atoms with Gasteiger partial charge in [-0.3, -0.25) is 19.5 Å². The van der Waals surface area contributed by atoms with Crippen LogP contribution < -0.4 is 9.64 Å². The van der Waals surface area contributed by atoms with Crippen LogP contribution in [0, 0.1) is 6.92 Å². The number of pyridine rings is 1. The summed E-state index contributed by atoms with van der Waals surface area (Å²) in [7, 11) is 0. The van der Waals surface area contributed by atoms with E-state index >= 15 is 0 Å². The van der Waals surface area contributed by atoms with E-state index in [1.54, 1.807) is 56.4 Å². The molecule has 0 aliphatic carbocycles. The lowest BCUT2D eigenvalue weighted by Gasteiger charge is -2.22. The Morgan fingerprint density at radius 2 is 1.92 bits per heavy atom. The minimum absolute atomic E-state index is 0.0263. The van der Waals surface area contributed by atoms with Gasteiger partial charge in [-0.25, -0.2) is 9.78 Å². The first-order valence-electron chi connectivity index (χ1n) is 11.4. The van der Waals surface area contributed by atoms with Gasteiger partial charge in [-0.2, -0.15) is 0 Å². The number of carbonyl (C=O) groups excluding carboxylic acids is 3. The van der Waals surface area contributed by atoms with Gasteiger partial charge in [0.15, 0.2) is 5.13 Å². The predicted octanol–water partition coefficient (Wildman–Crippen LogP) is 4.44.